The van der Waals surface area contributed by atoms with Crippen molar-refractivity contribution in [3.05, 3.63) is 29.8 Å². The molecule has 1 atom stereocenters. The number of hydrogen-bond donors (Lipinski definition) is 1. The molecule has 0 aromatic carbocycles. The Bertz CT molecular complexity index is 380. The Morgan fingerprint density at radius 2 is 2.38 bits per heavy atom. The zero-order valence-corrected chi connectivity index (χ0v) is 10.0. The molecule has 0 bridgehead atoms. The van der Waals surface area contributed by atoms with Crippen molar-refractivity contribution in [3.8, 4) is 0 Å². The summed E-state index contributed by atoms with van der Waals surface area (Å²) < 4.78 is 13.3. The largest absolute Gasteiger partial charge is 0.346 e. The first-order valence-corrected chi connectivity index (χ1v) is 5.54. The summed E-state index contributed by atoms with van der Waals surface area (Å²) in [7, 11) is 0. The molecular weight excluding hydrogens is 231 g/mol. The van der Waals surface area contributed by atoms with Gasteiger partial charge in [-0.25, -0.2) is 4.39 Å². The topological polar surface area (TPSA) is 42.0 Å². The Kier molecular flexibility index (Phi) is 4.24. The number of aromatic nitrogens is 1. The first-order chi connectivity index (χ1) is 7.52. The lowest BCUT2D eigenvalue weighted by atomic mass is 10.0. The summed E-state index contributed by atoms with van der Waals surface area (Å²) in [5.41, 5.74) is -0.534. The summed E-state index contributed by atoms with van der Waals surface area (Å²) in [6.07, 6.45) is 3.07. The number of carbonyl (C=O) groups excluding carboxylic acids is 1. The molecule has 1 heterocycles. The standard InChI is InChI=1S/C11H14ClFN2O/c1-3-11(2,7-12)15-10(16)8-4-5-14-6-9(8)13/h4-6H,3,7H2,1-2H3,(H,15,16). The molecule has 1 unspecified atom stereocenters. The number of nitrogens with zero attached hydrogens (tertiary/aromatic N) is 1. The number of pyridine rings is 1. The van der Waals surface area contributed by atoms with Crippen LogP contribution in [0, 0.1) is 5.82 Å². The molecular formula is C11H14ClFN2O. The fourth-order valence-corrected chi connectivity index (χ4v) is 1.37. The summed E-state index contributed by atoms with van der Waals surface area (Å²) in [4.78, 5) is 15.3. The molecule has 0 aliphatic rings. The van der Waals surface area contributed by atoms with Crippen LogP contribution in [0.3, 0.4) is 0 Å². The van der Waals surface area contributed by atoms with Crippen LogP contribution in [0.1, 0.15) is 30.6 Å². The van der Waals surface area contributed by atoms with Crippen LogP contribution >= 0.6 is 11.6 Å². The average molecular weight is 245 g/mol. The second-order valence-corrected chi connectivity index (χ2v) is 4.12. The second-order valence-electron chi connectivity index (χ2n) is 3.86. The Morgan fingerprint density at radius 3 is 2.88 bits per heavy atom. The van der Waals surface area contributed by atoms with E-state index in [-0.39, 0.29) is 11.4 Å². The molecule has 1 N–H and O–H groups in total. The van der Waals surface area contributed by atoms with Crippen molar-refractivity contribution in [1.82, 2.24) is 10.3 Å². The third-order valence-corrected chi connectivity index (χ3v) is 3.10. The molecule has 0 radical (unpaired) electrons. The van der Waals surface area contributed by atoms with E-state index in [1.165, 1.54) is 12.3 Å². The highest BCUT2D eigenvalue weighted by atomic mass is 35.5. The Labute approximate surface area is 99.0 Å². The zero-order valence-electron chi connectivity index (χ0n) is 9.26. The second kappa shape index (κ2) is 5.25. The van der Waals surface area contributed by atoms with Crippen molar-refractivity contribution in [2.24, 2.45) is 0 Å². The van der Waals surface area contributed by atoms with Gasteiger partial charge in [0.2, 0.25) is 0 Å². The van der Waals surface area contributed by atoms with E-state index in [0.29, 0.717) is 6.42 Å². The highest BCUT2D eigenvalue weighted by Gasteiger charge is 2.24. The SMILES string of the molecule is CCC(C)(CCl)NC(=O)c1ccncc1F. The van der Waals surface area contributed by atoms with E-state index >= 15 is 0 Å². The first kappa shape index (κ1) is 12.9. The van der Waals surface area contributed by atoms with Crippen molar-refractivity contribution in [3.63, 3.8) is 0 Å². The van der Waals surface area contributed by atoms with Gasteiger partial charge >= 0.3 is 0 Å². The van der Waals surface area contributed by atoms with Crippen molar-refractivity contribution < 1.29 is 9.18 Å². The predicted molar refractivity (Wildman–Crippen MR) is 61.1 cm³/mol. The van der Waals surface area contributed by atoms with E-state index in [4.69, 9.17) is 11.6 Å². The zero-order chi connectivity index (χ0) is 12.2. The Morgan fingerprint density at radius 1 is 1.69 bits per heavy atom. The molecule has 3 nitrogen and oxygen atoms in total. The van der Waals surface area contributed by atoms with Gasteiger partial charge in [-0.05, 0) is 19.4 Å². The Hall–Kier alpha value is -1.16. The Balaban J connectivity index is 2.84. The number of hydrogen-bond acceptors (Lipinski definition) is 2. The van der Waals surface area contributed by atoms with Crippen molar-refractivity contribution in [1.29, 1.82) is 0 Å². The molecule has 0 aliphatic heterocycles. The van der Waals surface area contributed by atoms with E-state index in [0.717, 1.165) is 6.20 Å². The molecule has 1 aromatic rings. The summed E-state index contributed by atoms with van der Waals surface area (Å²) in [5, 5.41) is 2.71. The van der Waals surface area contributed by atoms with E-state index in [1.54, 1.807) is 0 Å². The van der Waals surface area contributed by atoms with Gasteiger partial charge in [-0.2, -0.15) is 0 Å². The molecule has 1 aromatic heterocycles. The quantitative estimate of drug-likeness (QED) is 0.827. The number of halogens is 2. The van der Waals surface area contributed by atoms with Gasteiger partial charge in [0.1, 0.15) is 0 Å². The fourth-order valence-electron chi connectivity index (χ4n) is 1.12. The van der Waals surface area contributed by atoms with Crippen molar-refractivity contribution in [2.75, 3.05) is 5.88 Å². The average Bonchev–Trinajstić information content (AvgIpc) is 2.29. The van der Waals surface area contributed by atoms with Gasteiger partial charge < -0.3 is 5.32 Å². The molecule has 1 amide bonds. The van der Waals surface area contributed by atoms with E-state index in [9.17, 15) is 9.18 Å². The fraction of sp³-hybridized carbons (Fsp3) is 0.455. The maximum Gasteiger partial charge on any atom is 0.254 e. The van der Waals surface area contributed by atoms with E-state index in [2.05, 4.69) is 10.3 Å². The smallest absolute Gasteiger partial charge is 0.254 e. The summed E-state index contributed by atoms with van der Waals surface area (Å²) in [6, 6.07) is 1.34. The third-order valence-electron chi connectivity index (χ3n) is 2.51. The monoisotopic (exact) mass is 244 g/mol. The number of carbonyl (C=O) groups is 1. The van der Waals surface area contributed by atoms with Crippen LogP contribution in [0.15, 0.2) is 18.5 Å². The molecule has 5 heteroatoms. The van der Waals surface area contributed by atoms with Crippen LogP contribution in [0.5, 0.6) is 0 Å². The molecule has 0 saturated heterocycles. The number of nitrogens with one attached hydrogen (secondary N) is 1. The highest BCUT2D eigenvalue weighted by molar-refractivity contribution is 6.18. The number of rotatable bonds is 4. The first-order valence-electron chi connectivity index (χ1n) is 5.00. The highest BCUT2D eigenvalue weighted by Crippen LogP contribution is 2.13. The lowest BCUT2D eigenvalue weighted by molar-refractivity contribution is 0.0908. The number of alkyl halides is 1. The predicted octanol–water partition coefficient (Wildman–Crippen LogP) is 2.36. The molecule has 0 fully saturated rings. The minimum absolute atomic E-state index is 0.0141. The van der Waals surface area contributed by atoms with Gasteiger partial charge in [-0.1, -0.05) is 6.92 Å². The molecule has 16 heavy (non-hydrogen) atoms. The van der Waals surface area contributed by atoms with Gasteiger partial charge in [-0.15, -0.1) is 11.6 Å². The van der Waals surface area contributed by atoms with Crippen LogP contribution in [0.4, 0.5) is 4.39 Å². The molecule has 1 rings (SSSR count). The van der Waals surface area contributed by atoms with Crippen molar-refractivity contribution in [2.45, 2.75) is 25.8 Å². The van der Waals surface area contributed by atoms with Gasteiger partial charge in [0, 0.05) is 12.1 Å². The maximum atomic E-state index is 13.3. The van der Waals surface area contributed by atoms with Crippen molar-refractivity contribution >= 4 is 17.5 Å². The molecule has 0 saturated carbocycles. The van der Waals surface area contributed by atoms with E-state index in [1.807, 2.05) is 13.8 Å². The van der Waals surface area contributed by atoms with Crippen LogP contribution in [-0.2, 0) is 0 Å². The van der Waals surface area contributed by atoms with Gasteiger partial charge in [0.05, 0.1) is 17.3 Å². The van der Waals surface area contributed by atoms with Crippen LogP contribution in [0.2, 0.25) is 0 Å². The van der Waals surface area contributed by atoms with Crippen LogP contribution < -0.4 is 5.32 Å². The normalized spacial score (nSPS) is 14.2. The number of amides is 1. The van der Waals surface area contributed by atoms with Gasteiger partial charge in [0.15, 0.2) is 5.82 Å². The maximum absolute atomic E-state index is 13.3. The lowest BCUT2D eigenvalue weighted by Crippen LogP contribution is -2.47. The van der Waals surface area contributed by atoms with Crippen LogP contribution in [0.25, 0.3) is 0 Å². The lowest BCUT2D eigenvalue weighted by Gasteiger charge is -2.27. The van der Waals surface area contributed by atoms with Gasteiger partial charge in [-0.3, -0.25) is 9.78 Å². The third kappa shape index (κ3) is 2.92. The van der Waals surface area contributed by atoms with Gasteiger partial charge in [0.25, 0.3) is 5.91 Å². The summed E-state index contributed by atoms with van der Waals surface area (Å²) in [5.74, 6) is -0.819. The molecule has 0 aliphatic carbocycles. The molecule has 0 spiro atoms. The minimum Gasteiger partial charge on any atom is -0.346 e. The summed E-state index contributed by atoms with van der Waals surface area (Å²) in [6.45, 7) is 3.72. The summed E-state index contributed by atoms with van der Waals surface area (Å²) >= 11 is 5.76. The minimum atomic E-state index is -0.631. The van der Waals surface area contributed by atoms with Crippen LogP contribution in [-0.4, -0.2) is 22.3 Å². The van der Waals surface area contributed by atoms with E-state index < -0.39 is 17.3 Å². The molecule has 88 valence electrons.